The van der Waals surface area contributed by atoms with E-state index in [1.54, 1.807) is 61.6 Å². The number of nitrogens with zero attached hydrogens (tertiary/aromatic N) is 2. The van der Waals surface area contributed by atoms with Crippen LogP contribution >= 0.6 is 0 Å². The second-order valence-electron chi connectivity index (χ2n) is 6.84. The van der Waals surface area contributed by atoms with E-state index in [9.17, 15) is 24.6 Å². The van der Waals surface area contributed by atoms with E-state index in [2.05, 4.69) is 0 Å². The van der Waals surface area contributed by atoms with Crippen molar-refractivity contribution in [2.75, 3.05) is 20.7 Å². The van der Waals surface area contributed by atoms with E-state index in [1.165, 1.54) is 16.9 Å². The summed E-state index contributed by atoms with van der Waals surface area (Å²) < 4.78 is 5.15. The molecule has 0 aromatic heterocycles. The minimum Gasteiger partial charge on any atom is -0.497 e. The van der Waals surface area contributed by atoms with Crippen LogP contribution in [0.15, 0.2) is 54.6 Å². The van der Waals surface area contributed by atoms with Crippen LogP contribution in [0.25, 0.3) is 0 Å². The number of carboxylic acid groups (broad SMARTS) is 2. The van der Waals surface area contributed by atoms with Crippen molar-refractivity contribution in [2.45, 2.75) is 18.1 Å². The van der Waals surface area contributed by atoms with Gasteiger partial charge in [-0.05, 0) is 30.3 Å². The maximum absolute atomic E-state index is 12.8. The van der Waals surface area contributed by atoms with Crippen molar-refractivity contribution in [1.82, 2.24) is 9.80 Å². The third-order valence-electron chi connectivity index (χ3n) is 5.13. The van der Waals surface area contributed by atoms with Crippen LogP contribution < -0.4 is 4.74 Å². The van der Waals surface area contributed by atoms with Crippen molar-refractivity contribution in [1.29, 1.82) is 0 Å². The van der Waals surface area contributed by atoms with Crippen LogP contribution in [0.5, 0.6) is 5.75 Å². The van der Waals surface area contributed by atoms with Crippen LogP contribution in [0.2, 0.25) is 0 Å². The topological polar surface area (TPSA) is 107 Å². The highest BCUT2D eigenvalue weighted by atomic mass is 16.5. The lowest BCUT2D eigenvalue weighted by atomic mass is 9.86. The van der Waals surface area contributed by atoms with E-state index in [0.717, 1.165) is 0 Å². The lowest BCUT2D eigenvalue weighted by Crippen LogP contribution is -2.66. The first-order chi connectivity index (χ1) is 13.8. The van der Waals surface area contributed by atoms with E-state index >= 15 is 0 Å². The molecule has 8 nitrogen and oxygen atoms in total. The molecule has 0 bridgehead atoms. The highest BCUT2D eigenvalue weighted by Gasteiger charge is 2.53. The number of likely N-dealkylation sites (tertiary alicyclic amines) is 1. The van der Waals surface area contributed by atoms with Gasteiger partial charge in [0.05, 0.1) is 13.2 Å². The average molecular weight is 398 g/mol. The summed E-state index contributed by atoms with van der Waals surface area (Å²) in [7, 11) is 3.11. The molecule has 1 unspecified atom stereocenters. The third-order valence-corrected chi connectivity index (χ3v) is 5.13. The van der Waals surface area contributed by atoms with E-state index in [1.807, 2.05) is 0 Å². The molecule has 0 radical (unpaired) electrons. The Balaban J connectivity index is 1.96. The molecule has 3 atom stereocenters. The largest absolute Gasteiger partial charge is 0.497 e. The van der Waals surface area contributed by atoms with Gasteiger partial charge in [0.15, 0.2) is 0 Å². The Hall–Kier alpha value is -3.39. The molecule has 1 saturated heterocycles. The van der Waals surface area contributed by atoms with Gasteiger partial charge in [0.1, 0.15) is 24.4 Å². The van der Waals surface area contributed by atoms with E-state index in [-0.39, 0.29) is 0 Å². The zero-order valence-corrected chi connectivity index (χ0v) is 16.1. The molecule has 0 aliphatic carbocycles. The quantitative estimate of drug-likeness (QED) is 0.653. The fraction of sp³-hybridized carbons (Fsp3) is 0.286. The van der Waals surface area contributed by atoms with Gasteiger partial charge >= 0.3 is 11.9 Å². The fourth-order valence-corrected chi connectivity index (χ4v) is 3.76. The first kappa shape index (κ1) is 20.3. The summed E-state index contributed by atoms with van der Waals surface area (Å²) in [4.78, 5) is 38.8. The van der Waals surface area contributed by atoms with E-state index in [4.69, 9.17) is 4.74 Å². The number of aliphatic carboxylic acids is 2. The highest BCUT2D eigenvalue weighted by Crippen LogP contribution is 2.41. The molecule has 29 heavy (non-hydrogen) atoms. The number of carbonyl (C=O) groups excluding carboxylic acids is 1. The molecular formula is C21H22N2O6. The number of rotatable bonds is 8. The van der Waals surface area contributed by atoms with Gasteiger partial charge in [-0.3, -0.25) is 19.3 Å². The van der Waals surface area contributed by atoms with Crippen molar-refractivity contribution in [3.8, 4) is 5.75 Å². The zero-order valence-electron chi connectivity index (χ0n) is 16.1. The van der Waals surface area contributed by atoms with Gasteiger partial charge in [0.25, 0.3) is 0 Å². The van der Waals surface area contributed by atoms with Gasteiger partial charge in [0, 0.05) is 0 Å². The van der Waals surface area contributed by atoms with Gasteiger partial charge < -0.3 is 19.8 Å². The maximum atomic E-state index is 12.8. The second-order valence-corrected chi connectivity index (χ2v) is 6.84. The predicted octanol–water partition coefficient (Wildman–Crippen LogP) is 1.79. The Morgan fingerprint density at radius 2 is 1.72 bits per heavy atom. The van der Waals surface area contributed by atoms with Crippen LogP contribution in [0.4, 0.5) is 0 Å². The first-order valence-corrected chi connectivity index (χ1v) is 9.01. The van der Waals surface area contributed by atoms with Crippen LogP contribution in [-0.4, -0.2) is 64.6 Å². The number of hydrogen-bond donors (Lipinski definition) is 2. The molecular weight excluding hydrogens is 376 g/mol. The molecule has 1 amide bonds. The molecule has 1 aliphatic heterocycles. The number of hydrogen-bond acceptors (Lipinski definition) is 5. The van der Waals surface area contributed by atoms with Crippen LogP contribution in [0.3, 0.4) is 0 Å². The standard InChI is InChI=1S/C21H22N2O6/c1-22(18(21(27)28)13-6-4-3-5-7-13)19-17(23(20(19)26)12-16(24)25)14-8-10-15(29-2)11-9-14/h3-11,17-19H,12H2,1-2H3,(H,24,25)(H,27,28)/t17-,18?,19+/m1/s1. The summed E-state index contributed by atoms with van der Waals surface area (Å²) in [5.74, 6) is -2.01. The molecule has 2 N–H and O–H groups in total. The average Bonchev–Trinajstić information content (AvgIpc) is 2.70. The zero-order chi connectivity index (χ0) is 21.1. The van der Waals surface area contributed by atoms with Crippen LogP contribution in [-0.2, 0) is 14.4 Å². The Kier molecular flexibility index (Phi) is 5.84. The van der Waals surface area contributed by atoms with Gasteiger partial charge in [-0.1, -0.05) is 42.5 Å². The number of amides is 1. The van der Waals surface area contributed by atoms with Crippen molar-refractivity contribution in [2.24, 2.45) is 0 Å². The molecule has 8 heteroatoms. The number of β-lactam (4-membered cyclic amide) rings is 1. The highest BCUT2D eigenvalue weighted by molar-refractivity contribution is 5.93. The van der Waals surface area contributed by atoms with Crippen LogP contribution in [0, 0.1) is 0 Å². The molecule has 2 aromatic carbocycles. The SMILES string of the molecule is COc1ccc([C@@H]2[C@H](N(C)C(C(=O)O)c3ccccc3)C(=O)N2CC(=O)O)cc1. The van der Waals surface area contributed by atoms with Gasteiger partial charge in [-0.2, -0.15) is 0 Å². The normalized spacial score (nSPS) is 19.6. The van der Waals surface area contributed by atoms with Crippen molar-refractivity contribution < 1.29 is 29.3 Å². The Labute approximate surface area is 167 Å². The summed E-state index contributed by atoms with van der Waals surface area (Å²) in [5.41, 5.74) is 1.25. The summed E-state index contributed by atoms with van der Waals surface area (Å²) in [6, 6.07) is 13.2. The number of benzene rings is 2. The Morgan fingerprint density at radius 1 is 1.10 bits per heavy atom. The summed E-state index contributed by atoms with van der Waals surface area (Å²) in [6.45, 7) is -0.455. The van der Waals surface area contributed by atoms with Crippen molar-refractivity contribution in [3.63, 3.8) is 0 Å². The molecule has 2 aromatic rings. The Bertz CT molecular complexity index is 899. The lowest BCUT2D eigenvalue weighted by molar-refractivity contribution is -0.169. The molecule has 1 heterocycles. The molecule has 1 aliphatic rings. The number of carbonyl (C=O) groups is 3. The van der Waals surface area contributed by atoms with Crippen LogP contribution in [0.1, 0.15) is 23.2 Å². The fourth-order valence-electron chi connectivity index (χ4n) is 3.76. The third kappa shape index (κ3) is 3.93. The minimum atomic E-state index is -1.13. The number of carboxylic acids is 2. The van der Waals surface area contributed by atoms with Gasteiger partial charge in [0.2, 0.25) is 5.91 Å². The second kappa shape index (κ2) is 8.32. The monoisotopic (exact) mass is 398 g/mol. The summed E-state index contributed by atoms with van der Waals surface area (Å²) in [6.07, 6.45) is 0. The molecule has 1 fully saturated rings. The number of ether oxygens (including phenoxy) is 1. The lowest BCUT2D eigenvalue weighted by Gasteiger charge is -2.51. The smallest absolute Gasteiger partial charge is 0.325 e. The first-order valence-electron chi connectivity index (χ1n) is 9.01. The number of likely N-dealkylation sites (N-methyl/N-ethyl adjacent to an activating group) is 1. The maximum Gasteiger partial charge on any atom is 0.325 e. The van der Waals surface area contributed by atoms with Gasteiger partial charge in [-0.25, -0.2) is 0 Å². The van der Waals surface area contributed by atoms with Gasteiger partial charge in [-0.15, -0.1) is 0 Å². The molecule has 0 saturated carbocycles. The van der Waals surface area contributed by atoms with Crippen molar-refractivity contribution >= 4 is 17.8 Å². The molecule has 0 spiro atoms. The molecule has 152 valence electrons. The molecule has 3 rings (SSSR count). The van der Waals surface area contributed by atoms with E-state index in [0.29, 0.717) is 16.9 Å². The minimum absolute atomic E-state index is 0.419. The number of methoxy groups -OCH3 is 1. The van der Waals surface area contributed by atoms with Crippen molar-refractivity contribution in [3.05, 3.63) is 65.7 Å². The predicted molar refractivity (Wildman–Crippen MR) is 103 cm³/mol. The Morgan fingerprint density at radius 3 is 2.24 bits per heavy atom. The summed E-state index contributed by atoms with van der Waals surface area (Å²) in [5, 5.41) is 19.0. The summed E-state index contributed by atoms with van der Waals surface area (Å²) >= 11 is 0. The van der Waals surface area contributed by atoms with E-state index < -0.39 is 42.5 Å².